The van der Waals surface area contributed by atoms with Crippen molar-refractivity contribution < 1.29 is 0 Å². The van der Waals surface area contributed by atoms with E-state index >= 15 is 0 Å². The molecule has 1 aliphatic heterocycles. The molecular formula is C15H19N3S2. The summed E-state index contributed by atoms with van der Waals surface area (Å²) in [6, 6.07) is 4.73. The van der Waals surface area contributed by atoms with Crippen LogP contribution >= 0.6 is 23.1 Å². The molecule has 2 aromatic heterocycles. The van der Waals surface area contributed by atoms with Gasteiger partial charge >= 0.3 is 0 Å². The zero-order chi connectivity index (χ0) is 13.6. The number of pyridine rings is 1. The van der Waals surface area contributed by atoms with E-state index < -0.39 is 0 Å². The zero-order valence-corrected chi connectivity index (χ0v) is 13.1. The zero-order valence-electron chi connectivity index (χ0n) is 11.4. The largest absolute Gasteiger partial charge is 0.313 e. The van der Waals surface area contributed by atoms with Crippen LogP contribution in [0.15, 0.2) is 29.9 Å². The first kappa shape index (κ1) is 14.0. The first-order chi connectivity index (χ1) is 9.92. The van der Waals surface area contributed by atoms with E-state index in [4.69, 9.17) is 4.98 Å². The Morgan fingerprint density at radius 1 is 1.30 bits per heavy atom. The van der Waals surface area contributed by atoms with Crippen LogP contribution in [0, 0.1) is 0 Å². The summed E-state index contributed by atoms with van der Waals surface area (Å²) >= 11 is 3.79. The van der Waals surface area contributed by atoms with Crippen LogP contribution in [0.3, 0.4) is 0 Å². The van der Waals surface area contributed by atoms with E-state index in [1.54, 1.807) is 11.3 Å². The second-order valence-electron chi connectivity index (χ2n) is 5.00. The highest BCUT2D eigenvalue weighted by atomic mass is 32.2. The Bertz CT molecular complexity index is 521. The molecule has 106 valence electrons. The highest BCUT2D eigenvalue weighted by Gasteiger charge is 2.12. The summed E-state index contributed by atoms with van der Waals surface area (Å²) in [5, 5.41) is 6.92. The molecule has 1 unspecified atom stereocenters. The molecule has 1 aliphatic rings. The van der Waals surface area contributed by atoms with E-state index in [2.05, 4.69) is 27.4 Å². The summed E-state index contributed by atoms with van der Waals surface area (Å²) in [4.78, 5) is 8.75. The van der Waals surface area contributed by atoms with Crippen molar-refractivity contribution in [1.82, 2.24) is 15.3 Å². The number of nitrogens with zero attached hydrogens (tertiary/aromatic N) is 2. The van der Waals surface area contributed by atoms with Gasteiger partial charge in [0.25, 0.3) is 0 Å². The standard InChI is InChI=1S/C15H19N3S2/c1-2-13(10-19-9-1)17-8-5-14-11-20-15(18-14)12-3-6-16-7-4-12/h3-4,6-7,11,13,17H,1-2,5,8-10H2. The highest BCUT2D eigenvalue weighted by molar-refractivity contribution is 7.99. The van der Waals surface area contributed by atoms with Crippen molar-refractivity contribution in [1.29, 1.82) is 0 Å². The molecule has 3 nitrogen and oxygen atoms in total. The van der Waals surface area contributed by atoms with Gasteiger partial charge in [0.1, 0.15) is 5.01 Å². The van der Waals surface area contributed by atoms with Gasteiger partial charge in [-0.1, -0.05) is 0 Å². The van der Waals surface area contributed by atoms with Gasteiger partial charge in [-0.3, -0.25) is 4.98 Å². The van der Waals surface area contributed by atoms with Crippen molar-refractivity contribution in [2.75, 3.05) is 18.1 Å². The van der Waals surface area contributed by atoms with Crippen LogP contribution < -0.4 is 5.32 Å². The van der Waals surface area contributed by atoms with Gasteiger partial charge in [0.05, 0.1) is 5.69 Å². The Labute approximate surface area is 128 Å². The summed E-state index contributed by atoms with van der Waals surface area (Å²) in [5.74, 6) is 2.60. The molecule has 3 rings (SSSR count). The molecular weight excluding hydrogens is 286 g/mol. The summed E-state index contributed by atoms with van der Waals surface area (Å²) < 4.78 is 0. The highest BCUT2D eigenvalue weighted by Crippen LogP contribution is 2.23. The quantitative estimate of drug-likeness (QED) is 0.920. The van der Waals surface area contributed by atoms with E-state index in [9.17, 15) is 0 Å². The molecule has 5 heteroatoms. The van der Waals surface area contributed by atoms with Crippen LogP contribution in [0.25, 0.3) is 10.6 Å². The lowest BCUT2D eigenvalue weighted by Gasteiger charge is -2.22. The fourth-order valence-corrected chi connectivity index (χ4v) is 4.32. The molecule has 0 spiro atoms. The third-order valence-corrected chi connectivity index (χ3v) is 5.61. The molecule has 1 saturated heterocycles. The topological polar surface area (TPSA) is 37.8 Å². The van der Waals surface area contributed by atoms with Gasteiger partial charge < -0.3 is 5.32 Å². The minimum absolute atomic E-state index is 0.701. The fourth-order valence-electron chi connectivity index (χ4n) is 2.35. The Kier molecular flexibility index (Phi) is 5.06. The van der Waals surface area contributed by atoms with Gasteiger partial charge in [-0.15, -0.1) is 11.3 Å². The lowest BCUT2D eigenvalue weighted by molar-refractivity contribution is 0.510. The average Bonchev–Trinajstić information content (AvgIpc) is 2.98. The molecule has 1 fully saturated rings. The Balaban J connectivity index is 1.50. The van der Waals surface area contributed by atoms with E-state index in [-0.39, 0.29) is 0 Å². The number of hydrogen-bond donors (Lipinski definition) is 1. The third-order valence-electron chi connectivity index (χ3n) is 3.45. The lowest BCUT2D eigenvalue weighted by atomic mass is 10.2. The summed E-state index contributed by atoms with van der Waals surface area (Å²) in [7, 11) is 0. The maximum Gasteiger partial charge on any atom is 0.123 e. The molecule has 0 bridgehead atoms. The fraction of sp³-hybridized carbons (Fsp3) is 0.467. The van der Waals surface area contributed by atoms with E-state index in [1.807, 2.05) is 24.5 Å². The molecule has 0 amide bonds. The number of aromatic nitrogens is 2. The molecule has 2 aromatic rings. The van der Waals surface area contributed by atoms with Gasteiger partial charge in [0.2, 0.25) is 0 Å². The maximum atomic E-state index is 4.71. The molecule has 20 heavy (non-hydrogen) atoms. The van der Waals surface area contributed by atoms with Crippen molar-refractivity contribution in [3.05, 3.63) is 35.6 Å². The van der Waals surface area contributed by atoms with E-state index in [0.717, 1.165) is 23.5 Å². The van der Waals surface area contributed by atoms with Crippen LogP contribution in [-0.4, -0.2) is 34.1 Å². The van der Waals surface area contributed by atoms with Gasteiger partial charge in [-0.25, -0.2) is 4.98 Å². The summed E-state index contributed by atoms with van der Waals surface area (Å²) in [6.07, 6.45) is 7.33. The second kappa shape index (κ2) is 7.20. The minimum atomic E-state index is 0.701. The maximum absolute atomic E-state index is 4.71. The lowest BCUT2D eigenvalue weighted by Crippen LogP contribution is -2.35. The van der Waals surface area contributed by atoms with Crippen LogP contribution in [-0.2, 0) is 6.42 Å². The third kappa shape index (κ3) is 3.81. The van der Waals surface area contributed by atoms with Gasteiger partial charge in [0.15, 0.2) is 0 Å². The van der Waals surface area contributed by atoms with Crippen molar-refractivity contribution in [3.8, 4) is 10.6 Å². The summed E-state index contributed by atoms with van der Waals surface area (Å²) in [6.45, 7) is 1.03. The predicted molar refractivity (Wildman–Crippen MR) is 87.4 cm³/mol. The monoisotopic (exact) mass is 305 g/mol. The average molecular weight is 305 g/mol. The van der Waals surface area contributed by atoms with Crippen LogP contribution in [0.1, 0.15) is 18.5 Å². The molecule has 1 N–H and O–H groups in total. The first-order valence-corrected chi connectivity index (χ1v) is 9.11. The van der Waals surface area contributed by atoms with Crippen LogP contribution in [0.2, 0.25) is 0 Å². The second-order valence-corrected chi connectivity index (χ2v) is 7.01. The van der Waals surface area contributed by atoms with Gasteiger partial charge in [0, 0.05) is 48.1 Å². The number of rotatable bonds is 5. The molecule has 3 heterocycles. The Morgan fingerprint density at radius 2 is 2.20 bits per heavy atom. The first-order valence-electron chi connectivity index (χ1n) is 7.08. The van der Waals surface area contributed by atoms with Crippen molar-refractivity contribution in [3.63, 3.8) is 0 Å². The molecule has 0 saturated carbocycles. The van der Waals surface area contributed by atoms with E-state index in [0.29, 0.717) is 6.04 Å². The molecule has 1 atom stereocenters. The molecule has 0 radical (unpaired) electrons. The van der Waals surface area contributed by atoms with E-state index in [1.165, 1.54) is 30.0 Å². The van der Waals surface area contributed by atoms with Crippen molar-refractivity contribution in [2.24, 2.45) is 0 Å². The molecule has 0 aromatic carbocycles. The number of hydrogen-bond acceptors (Lipinski definition) is 5. The SMILES string of the molecule is c1cc(-c2nc(CCNC3CCCSC3)cs2)ccn1. The summed E-state index contributed by atoms with van der Waals surface area (Å²) in [5.41, 5.74) is 2.35. The smallest absolute Gasteiger partial charge is 0.123 e. The van der Waals surface area contributed by atoms with Crippen molar-refractivity contribution in [2.45, 2.75) is 25.3 Å². The van der Waals surface area contributed by atoms with Gasteiger partial charge in [-0.05, 0) is 30.7 Å². The van der Waals surface area contributed by atoms with Crippen LogP contribution in [0.5, 0.6) is 0 Å². The Hall–Kier alpha value is -0.910. The number of thioether (sulfide) groups is 1. The van der Waals surface area contributed by atoms with Gasteiger partial charge in [-0.2, -0.15) is 11.8 Å². The number of nitrogens with one attached hydrogen (secondary N) is 1. The number of thiazole rings is 1. The predicted octanol–water partition coefficient (Wildman–Crippen LogP) is 3.23. The normalized spacial score (nSPS) is 19.1. The minimum Gasteiger partial charge on any atom is -0.313 e. The Morgan fingerprint density at radius 3 is 3.00 bits per heavy atom. The van der Waals surface area contributed by atoms with Crippen molar-refractivity contribution >= 4 is 23.1 Å². The molecule has 0 aliphatic carbocycles. The van der Waals surface area contributed by atoms with Crippen LogP contribution in [0.4, 0.5) is 0 Å².